The minimum Gasteiger partial charge on any atom is -0.256 e. The van der Waals surface area contributed by atoms with E-state index in [4.69, 9.17) is 4.98 Å². The largest absolute Gasteiger partial charge is 0.256 e. The summed E-state index contributed by atoms with van der Waals surface area (Å²) in [5, 5.41) is 8.14. The van der Waals surface area contributed by atoms with Gasteiger partial charge in [-0.2, -0.15) is 0 Å². The van der Waals surface area contributed by atoms with Crippen LogP contribution in [0.2, 0.25) is 0 Å². The first-order chi connectivity index (χ1) is 18.7. The Morgan fingerprint density at radius 1 is 0.872 bits per heavy atom. The third-order valence-corrected chi connectivity index (χ3v) is 10.2. The molecule has 1 aromatic heterocycles. The second-order valence-corrected chi connectivity index (χ2v) is 14.6. The van der Waals surface area contributed by atoms with Crippen molar-refractivity contribution in [1.82, 2.24) is 4.98 Å². The Hall–Kier alpha value is -2.84. The maximum Gasteiger partial charge on any atom is 0.0803 e. The summed E-state index contributed by atoms with van der Waals surface area (Å²) in [6.45, 7) is 11.7. The van der Waals surface area contributed by atoms with Gasteiger partial charge in [-0.1, -0.05) is 108 Å². The molecule has 0 bridgehead atoms. The SMILES string of the molecule is CC(C)c1ccc2c(CC(C)(C)C)c3c(cc2c1)-c1nccc2c1c(cc1cc(CC4CCCC4)ccc12)S3. The molecule has 0 N–H and O–H groups in total. The predicted molar refractivity (Wildman–Crippen MR) is 169 cm³/mol. The highest BCUT2D eigenvalue weighted by molar-refractivity contribution is 8.00. The van der Waals surface area contributed by atoms with Gasteiger partial charge in [-0.3, -0.25) is 4.98 Å². The number of pyridine rings is 1. The molecule has 0 radical (unpaired) electrons. The number of nitrogens with zero attached hydrogens (tertiary/aromatic N) is 1. The van der Waals surface area contributed by atoms with Gasteiger partial charge in [0, 0.05) is 26.9 Å². The van der Waals surface area contributed by atoms with Gasteiger partial charge in [-0.15, -0.1) is 0 Å². The molecule has 2 heteroatoms. The van der Waals surface area contributed by atoms with Crippen molar-refractivity contribution in [3.63, 3.8) is 0 Å². The summed E-state index contributed by atoms with van der Waals surface area (Å²) in [6.07, 6.45) is 9.90. The number of fused-ring (bicyclic) bond motifs is 5. The van der Waals surface area contributed by atoms with Gasteiger partial charge in [0.1, 0.15) is 0 Å². The number of aromatic nitrogens is 1. The molecule has 1 fully saturated rings. The van der Waals surface area contributed by atoms with Crippen molar-refractivity contribution in [2.75, 3.05) is 0 Å². The zero-order valence-corrected chi connectivity index (χ0v) is 24.8. The number of hydrogen-bond acceptors (Lipinski definition) is 2. The molecule has 0 unspecified atom stereocenters. The van der Waals surface area contributed by atoms with E-state index in [-0.39, 0.29) is 5.41 Å². The molecular weight excluding hydrogens is 490 g/mol. The Morgan fingerprint density at radius 3 is 2.41 bits per heavy atom. The van der Waals surface area contributed by atoms with Gasteiger partial charge in [-0.25, -0.2) is 0 Å². The van der Waals surface area contributed by atoms with Crippen molar-refractivity contribution in [3.05, 3.63) is 77.5 Å². The van der Waals surface area contributed by atoms with Crippen LogP contribution in [0.4, 0.5) is 0 Å². The summed E-state index contributed by atoms with van der Waals surface area (Å²) in [7, 11) is 0. The highest BCUT2D eigenvalue weighted by atomic mass is 32.2. The molecule has 1 aliphatic heterocycles. The molecule has 7 rings (SSSR count). The summed E-state index contributed by atoms with van der Waals surface area (Å²) >= 11 is 1.98. The van der Waals surface area contributed by atoms with Gasteiger partial charge >= 0.3 is 0 Å². The van der Waals surface area contributed by atoms with Crippen molar-refractivity contribution >= 4 is 44.1 Å². The van der Waals surface area contributed by atoms with Crippen LogP contribution in [-0.4, -0.2) is 4.98 Å². The van der Waals surface area contributed by atoms with Gasteiger partial charge < -0.3 is 0 Å². The molecule has 0 spiro atoms. The molecule has 2 aliphatic rings. The fraction of sp³-hybridized carbons (Fsp3) is 0.378. The van der Waals surface area contributed by atoms with Crippen molar-refractivity contribution in [2.24, 2.45) is 11.3 Å². The lowest BCUT2D eigenvalue weighted by Gasteiger charge is -2.27. The Labute approximate surface area is 237 Å². The number of rotatable bonds is 4. The number of hydrogen-bond donors (Lipinski definition) is 0. The molecule has 0 atom stereocenters. The van der Waals surface area contributed by atoms with Crippen LogP contribution in [0, 0.1) is 11.3 Å². The lowest BCUT2D eigenvalue weighted by Crippen LogP contribution is -2.12. The van der Waals surface area contributed by atoms with Gasteiger partial charge in [0.2, 0.25) is 0 Å². The van der Waals surface area contributed by atoms with Gasteiger partial charge in [0.15, 0.2) is 0 Å². The number of benzene rings is 4. The predicted octanol–water partition coefficient (Wildman–Crippen LogP) is 11.1. The highest BCUT2D eigenvalue weighted by Gasteiger charge is 2.28. The third kappa shape index (κ3) is 4.45. The van der Waals surface area contributed by atoms with E-state index in [0.717, 1.165) is 18.0 Å². The van der Waals surface area contributed by atoms with E-state index >= 15 is 0 Å². The Morgan fingerprint density at radius 2 is 1.64 bits per heavy atom. The maximum absolute atomic E-state index is 5.06. The molecule has 39 heavy (non-hydrogen) atoms. The van der Waals surface area contributed by atoms with Crippen LogP contribution in [0.15, 0.2) is 70.6 Å². The first-order valence-corrected chi connectivity index (χ1v) is 15.7. The monoisotopic (exact) mass is 529 g/mol. The third-order valence-electron chi connectivity index (χ3n) is 8.95. The van der Waals surface area contributed by atoms with Gasteiger partial charge in [0.25, 0.3) is 0 Å². The Balaban J connectivity index is 1.46. The van der Waals surface area contributed by atoms with E-state index < -0.39 is 0 Å². The summed E-state index contributed by atoms with van der Waals surface area (Å²) < 4.78 is 0. The van der Waals surface area contributed by atoms with Crippen molar-refractivity contribution in [3.8, 4) is 11.3 Å². The molecule has 5 aromatic rings. The van der Waals surface area contributed by atoms with Crippen LogP contribution >= 0.6 is 11.8 Å². The van der Waals surface area contributed by atoms with Gasteiger partial charge in [-0.05, 0) is 91.9 Å². The Kier molecular flexibility index (Phi) is 6.04. The van der Waals surface area contributed by atoms with Crippen LogP contribution in [0.25, 0.3) is 43.6 Å². The zero-order valence-electron chi connectivity index (χ0n) is 24.0. The standard InChI is InChI=1S/C37H39NS/c1-22(2)25-11-13-29-27(18-25)19-31-35-34-30(14-15-38-35)28-12-10-24(16-23-8-6-7-9-23)17-26(28)20-33(34)39-36(31)32(29)21-37(3,4)5/h10-15,17-20,22-23H,6-9,16,21H2,1-5H3. The molecule has 4 aromatic carbocycles. The minimum atomic E-state index is 0.192. The summed E-state index contributed by atoms with van der Waals surface area (Å²) in [4.78, 5) is 7.83. The molecule has 1 saturated carbocycles. The lowest BCUT2D eigenvalue weighted by atomic mass is 9.84. The van der Waals surface area contributed by atoms with E-state index in [1.807, 2.05) is 18.0 Å². The van der Waals surface area contributed by atoms with E-state index in [1.165, 1.54) is 96.5 Å². The fourth-order valence-electron chi connectivity index (χ4n) is 7.03. The van der Waals surface area contributed by atoms with Crippen LogP contribution in [-0.2, 0) is 12.8 Å². The van der Waals surface area contributed by atoms with Crippen molar-refractivity contribution in [1.29, 1.82) is 0 Å². The van der Waals surface area contributed by atoms with Crippen LogP contribution in [0.1, 0.15) is 82.9 Å². The van der Waals surface area contributed by atoms with Crippen LogP contribution in [0.3, 0.4) is 0 Å². The molecular formula is C37H39NS. The molecule has 1 nitrogen and oxygen atoms in total. The smallest absolute Gasteiger partial charge is 0.0803 e. The normalized spacial score (nSPS) is 15.6. The molecule has 0 amide bonds. The lowest BCUT2D eigenvalue weighted by molar-refractivity contribution is 0.410. The van der Waals surface area contributed by atoms with Crippen LogP contribution in [0.5, 0.6) is 0 Å². The summed E-state index contributed by atoms with van der Waals surface area (Å²) in [6, 6.07) is 21.5. The maximum atomic E-state index is 5.06. The molecule has 1 aliphatic carbocycles. The van der Waals surface area contributed by atoms with Crippen molar-refractivity contribution in [2.45, 2.75) is 88.9 Å². The van der Waals surface area contributed by atoms with Crippen LogP contribution < -0.4 is 0 Å². The van der Waals surface area contributed by atoms with Crippen molar-refractivity contribution < 1.29 is 0 Å². The minimum absolute atomic E-state index is 0.192. The van der Waals surface area contributed by atoms with E-state index in [2.05, 4.69) is 89.2 Å². The molecule has 2 heterocycles. The Bertz CT molecular complexity index is 1750. The topological polar surface area (TPSA) is 12.9 Å². The first-order valence-electron chi connectivity index (χ1n) is 14.9. The van der Waals surface area contributed by atoms with E-state index in [9.17, 15) is 0 Å². The second kappa shape index (κ2) is 9.37. The average Bonchev–Trinajstić information content (AvgIpc) is 3.41. The quantitative estimate of drug-likeness (QED) is 0.211. The van der Waals surface area contributed by atoms with Gasteiger partial charge in [0.05, 0.1) is 5.69 Å². The molecule has 0 saturated heterocycles. The first kappa shape index (κ1) is 25.1. The summed E-state index contributed by atoms with van der Waals surface area (Å²) in [5.41, 5.74) is 7.03. The van der Waals surface area contributed by atoms with E-state index in [1.54, 1.807) is 0 Å². The fourth-order valence-corrected chi connectivity index (χ4v) is 8.32. The van der Waals surface area contributed by atoms with E-state index in [0.29, 0.717) is 5.92 Å². The second-order valence-electron chi connectivity index (χ2n) is 13.6. The molecule has 198 valence electrons. The zero-order chi connectivity index (χ0) is 26.9. The average molecular weight is 530 g/mol. The summed E-state index contributed by atoms with van der Waals surface area (Å²) in [5.74, 6) is 1.38. The highest BCUT2D eigenvalue weighted by Crippen LogP contribution is 2.52.